The summed E-state index contributed by atoms with van der Waals surface area (Å²) in [6.45, 7) is 5.69. The standard InChI is InChI=1S/C14H18FN3O3/c1-2-17-5-7-18(8-6-17)14(21)16-12-9-10(13(19)20)3-4-11(12)15/h3-4,9H,2,5-8H2,1H3,(H,16,21)(H,19,20). The van der Waals surface area contributed by atoms with Crippen molar-refractivity contribution in [2.75, 3.05) is 38.0 Å². The molecule has 1 fully saturated rings. The number of amides is 2. The minimum absolute atomic E-state index is 0.0671. The van der Waals surface area contributed by atoms with Crippen LogP contribution in [0.15, 0.2) is 18.2 Å². The van der Waals surface area contributed by atoms with E-state index >= 15 is 0 Å². The third-order valence-electron chi connectivity index (χ3n) is 3.56. The van der Waals surface area contributed by atoms with E-state index in [1.165, 1.54) is 0 Å². The second-order valence-electron chi connectivity index (χ2n) is 4.85. The first-order valence-corrected chi connectivity index (χ1v) is 6.82. The summed E-state index contributed by atoms with van der Waals surface area (Å²) in [4.78, 5) is 26.8. The lowest BCUT2D eigenvalue weighted by Crippen LogP contribution is -2.49. The van der Waals surface area contributed by atoms with Gasteiger partial charge < -0.3 is 20.2 Å². The van der Waals surface area contributed by atoms with Gasteiger partial charge in [-0.2, -0.15) is 0 Å². The number of carboxylic acids is 1. The maximum Gasteiger partial charge on any atom is 0.335 e. The molecule has 7 heteroatoms. The van der Waals surface area contributed by atoms with E-state index in [-0.39, 0.29) is 11.3 Å². The maximum atomic E-state index is 13.6. The number of anilines is 1. The summed E-state index contributed by atoms with van der Waals surface area (Å²) in [6.07, 6.45) is 0. The summed E-state index contributed by atoms with van der Waals surface area (Å²) < 4.78 is 13.6. The molecule has 1 aromatic rings. The number of piperazine rings is 1. The first kappa shape index (κ1) is 15.2. The van der Waals surface area contributed by atoms with Crippen LogP contribution in [0.3, 0.4) is 0 Å². The van der Waals surface area contributed by atoms with Gasteiger partial charge in [0.25, 0.3) is 0 Å². The molecule has 0 aliphatic carbocycles. The highest BCUT2D eigenvalue weighted by Crippen LogP contribution is 2.17. The van der Waals surface area contributed by atoms with Gasteiger partial charge in [-0.15, -0.1) is 0 Å². The quantitative estimate of drug-likeness (QED) is 0.890. The van der Waals surface area contributed by atoms with Crippen LogP contribution in [0.4, 0.5) is 14.9 Å². The van der Waals surface area contributed by atoms with Crippen molar-refractivity contribution in [2.45, 2.75) is 6.92 Å². The summed E-state index contributed by atoms with van der Waals surface area (Å²) >= 11 is 0. The molecule has 1 saturated heterocycles. The summed E-state index contributed by atoms with van der Waals surface area (Å²) in [6, 6.07) is 2.91. The van der Waals surface area contributed by atoms with E-state index in [1.54, 1.807) is 4.90 Å². The molecule has 0 saturated carbocycles. The molecule has 0 spiro atoms. The number of hydrogen-bond acceptors (Lipinski definition) is 3. The highest BCUT2D eigenvalue weighted by Gasteiger charge is 2.21. The Morgan fingerprint density at radius 1 is 1.29 bits per heavy atom. The van der Waals surface area contributed by atoms with Crippen LogP contribution in [0.2, 0.25) is 0 Å². The van der Waals surface area contributed by atoms with Crippen LogP contribution < -0.4 is 5.32 Å². The Morgan fingerprint density at radius 3 is 2.52 bits per heavy atom. The molecule has 2 rings (SSSR count). The van der Waals surface area contributed by atoms with Gasteiger partial charge in [-0.05, 0) is 24.7 Å². The molecule has 0 unspecified atom stereocenters. The predicted octanol–water partition coefficient (Wildman–Crippen LogP) is 1.69. The van der Waals surface area contributed by atoms with E-state index in [9.17, 15) is 14.0 Å². The molecule has 0 radical (unpaired) electrons. The summed E-state index contributed by atoms with van der Waals surface area (Å²) in [5.74, 6) is -1.82. The number of aromatic carboxylic acids is 1. The number of hydrogen-bond donors (Lipinski definition) is 2. The topological polar surface area (TPSA) is 72.9 Å². The molecule has 21 heavy (non-hydrogen) atoms. The highest BCUT2D eigenvalue weighted by atomic mass is 19.1. The zero-order valence-corrected chi connectivity index (χ0v) is 11.8. The minimum atomic E-state index is -1.16. The van der Waals surface area contributed by atoms with Crippen molar-refractivity contribution in [3.8, 4) is 0 Å². The molecule has 2 amide bonds. The van der Waals surface area contributed by atoms with Gasteiger partial charge in [0.2, 0.25) is 0 Å². The molecule has 0 aromatic heterocycles. The summed E-state index contributed by atoms with van der Waals surface area (Å²) in [7, 11) is 0. The van der Waals surface area contributed by atoms with Crippen molar-refractivity contribution in [1.82, 2.24) is 9.80 Å². The third kappa shape index (κ3) is 3.69. The summed E-state index contributed by atoms with van der Waals surface area (Å²) in [5, 5.41) is 11.3. The number of likely N-dealkylation sites (N-methyl/N-ethyl adjacent to an activating group) is 1. The predicted molar refractivity (Wildman–Crippen MR) is 76.1 cm³/mol. The van der Waals surface area contributed by atoms with Gasteiger partial charge in [0.15, 0.2) is 0 Å². The smallest absolute Gasteiger partial charge is 0.335 e. The van der Waals surface area contributed by atoms with Gasteiger partial charge in [-0.1, -0.05) is 6.92 Å². The minimum Gasteiger partial charge on any atom is -0.478 e. The van der Waals surface area contributed by atoms with E-state index < -0.39 is 17.8 Å². The fourth-order valence-corrected chi connectivity index (χ4v) is 2.22. The Morgan fingerprint density at radius 2 is 1.95 bits per heavy atom. The zero-order chi connectivity index (χ0) is 15.4. The Bertz CT molecular complexity index is 542. The molecule has 1 heterocycles. The van der Waals surface area contributed by atoms with Crippen LogP contribution in [-0.4, -0.2) is 59.6 Å². The van der Waals surface area contributed by atoms with Crippen molar-refractivity contribution in [2.24, 2.45) is 0 Å². The number of nitrogens with zero attached hydrogens (tertiary/aromatic N) is 2. The van der Waals surface area contributed by atoms with Crippen LogP contribution in [0.1, 0.15) is 17.3 Å². The number of halogens is 1. The average Bonchev–Trinajstić information content (AvgIpc) is 2.49. The van der Waals surface area contributed by atoms with Crippen LogP contribution >= 0.6 is 0 Å². The second kappa shape index (κ2) is 6.53. The van der Waals surface area contributed by atoms with E-state index in [1.807, 2.05) is 0 Å². The van der Waals surface area contributed by atoms with Crippen LogP contribution in [0.5, 0.6) is 0 Å². The Kier molecular flexibility index (Phi) is 4.74. The maximum absolute atomic E-state index is 13.6. The lowest BCUT2D eigenvalue weighted by molar-refractivity contribution is 0.0697. The van der Waals surface area contributed by atoms with Crippen LogP contribution in [-0.2, 0) is 0 Å². The fourth-order valence-electron chi connectivity index (χ4n) is 2.22. The molecular formula is C14H18FN3O3. The fraction of sp³-hybridized carbons (Fsp3) is 0.429. The van der Waals surface area contributed by atoms with E-state index in [4.69, 9.17) is 5.11 Å². The number of benzene rings is 1. The van der Waals surface area contributed by atoms with Crippen molar-refractivity contribution < 1.29 is 19.1 Å². The lowest BCUT2D eigenvalue weighted by atomic mass is 10.2. The number of carbonyl (C=O) groups excluding carboxylic acids is 1. The van der Waals surface area contributed by atoms with Crippen molar-refractivity contribution in [3.63, 3.8) is 0 Å². The molecule has 114 valence electrons. The molecule has 1 aromatic carbocycles. The molecule has 1 aliphatic rings. The van der Waals surface area contributed by atoms with Gasteiger partial charge in [-0.3, -0.25) is 0 Å². The zero-order valence-electron chi connectivity index (χ0n) is 11.8. The largest absolute Gasteiger partial charge is 0.478 e. The van der Waals surface area contributed by atoms with Crippen molar-refractivity contribution >= 4 is 17.7 Å². The van der Waals surface area contributed by atoms with Gasteiger partial charge in [0.05, 0.1) is 11.3 Å². The second-order valence-corrected chi connectivity index (χ2v) is 4.85. The summed E-state index contributed by atoms with van der Waals surface area (Å²) in [5.41, 5.74) is -0.180. The van der Waals surface area contributed by atoms with Crippen LogP contribution in [0, 0.1) is 5.82 Å². The van der Waals surface area contributed by atoms with E-state index in [2.05, 4.69) is 17.1 Å². The first-order chi connectivity index (χ1) is 10.0. The number of carboxylic acid groups (broad SMARTS) is 1. The Labute approximate surface area is 122 Å². The Hall–Kier alpha value is -2.15. The van der Waals surface area contributed by atoms with Gasteiger partial charge >= 0.3 is 12.0 Å². The van der Waals surface area contributed by atoms with Crippen molar-refractivity contribution in [1.29, 1.82) is 0 Å². The highest BCUT2D eigenvalue weighted by molar-refractivity contribution is 5.93. The average molecular weight is 295 g/mol. The number of rotatable bonds is 3. The first-order valence-electron chi connectivity index (χ1n) is 6.82. The van der Waals surface area contributed by atoms with E-state index in [0.29, 0.717) is 13.1 Å². The van der Waals surface area contributed by atoms with Gasteiger partial charge in [-0.25, -0.2) is 14.0 Å². The van der Waals surface area contributed by atoms with Crippen LogP contribution in [0.25, 0.3) is 0 Å². The lowest BCUT2D eigenvalue weighted by Gasteiger charge is -2.34. The molecule has 6 nitrogen and oxygen atoms in total. The van der Waals surface area contributed by atoms with Gasteiger partial charge in [0.1, 0.15) is 5.82 Å². The number of urea groups is 1. The Balaban J connectivity index is 2.03. The monoisotopic (exact) mass is 295 g/mol. The SMILES string of the molecule is CCN1CCN(C(=O)Nc2cc(C(=O)O)ccc2F)CC1. The normalized spacial score (nSPS) is 15.8. The third-order valence-corrected chi connectivity index (χ3v) is 3.56. The molecule has 0 bridgehead atoms. The molecule has 0 atom stereocenters. The molecule has 1 aliphatic heterocycles. The van der Waals surface area contributed by atoms with Crippen molar-refractivity contribution in [3.05, 3.63) is 29.6 Å². The number of carbonyl (C=O) groups is 2. The number of nitrogens with one attached hydrogen (secondary N) is 1. The molecular weight excluding hydrogens is 277 g/mol. The van der Waals surface area contributed by atoms with E-state index in [0.717, 1.165) is 37.8 Å². The molecule has 2 N–H and O–H groups in total. The van der Waals surface area contributed by atoms with Gasteiger partial charge in [0, 0.05) is 26.2 Å².